The number of hydrogen-bond donors (Lipinski definition) is 0. The molecule has 3 aromatic rings. The zero-order chi connectivity index (χ0) is 20.4. The summed E-state index contributed by atoms with van der Waals surface area (Å²) in [5, 5.41) is 0.624. The summed E-state index contributed by atoms with van der Waals surface area (Å²) in [4.78, 5) is 7.16. The van der Waals surface area contributed by atoms with Crippen molar-refractivity contribution in [3.05, 3.63) is 60.2 Å². The van der Waals surface area contributed by atoms with Crippen LogP contribution in [-0.2, 0) is 16.0 Å². The monoisotopic (exact) mass is 430 g/mol. The molecule has 4 nitrogen and oxygen atoms in total. The van der Waals surface area contributed by atoms with Gasteiger partial charge < -0.3 is 0 Å². The number of nitrogens with zero attached hydrogens (tertiary/aromatic N) is 2. The molecule has 2 aromatic carbocycles. The molecule has 0 atom stereocenters. The molecule has 0 aliphatic heterocycles. The molecule has 0 unspecified atom stereocenters. The van der Waals surface area contributed by atoms with E-state index >= 15 is 0 Å². The van der Waals surface area contributed by atoms with Crippen LogP contribution >= 0.6 is 11.8 Å². The first kappa shape index (κ1) is 20.5. The number of fused-ring (bicyclic) bond motifs is 1. The van der Waals surface area contributed by atoms with Crippen LogP contribution in [0.3, 0.4) is 0 Å². The average Bonchev–Trinajstić information content (AvgIpc) is 2.64. The summed E-state index contributed by atoms with van der Waals surface area (Å²) >= 11 is 1.04. The summed E-state index contributed by atoms with van der Waals surface area (Å²) < 4.78 is 76.5. The van der Waals surface area contributed by atoms with Crippen molar-refractivity contribution < 1.29 is 26.0 Å². The number of benzene rings is 2. The van der Waals surface area contributed by atoms with E-state index in [4.69, 9.17) is 0 Å². The highest BCUT2D eigenvalue weighted by molar-refractivity contribution is 7.99. The first-order valence-electron chi connectivity index (χ1n) is 8.12. The number of sulfone groups is 1. The van der Waals surface area contributed by atoms with Crippen LogP contribution in [0, 0.1) is 5.82 Å². The van der Waals surface area contributed by atoms with Crippen LogP contribution in [0.25, 0.3) is 10.9 Å². The minimum atomic E-state index is -4.68. The highest BCUT2D eigenvalue weighted by Crippen LogP contribution is 2.32. The Bertz CT molecular complexity index is 1080. The summed E-state index contributed by atoms with van der Waals surface area (Å²) in [5.41, 5.74) is 0.172. The summed E-state index contributed by atoms with van der Waals surface area (Å²) in [5.74, 6) is -1.72. The lowest BCUT2D eigenvalue weighted by Crippen LogP contribution is -2.12. The molecule has 0 bridgehead atoms. The minimum Gasteiger partial charge on any atom is -0.224 e. The molecular weight excluding hydrogens is 416 g/mol. The normalized spacial score (nSPS) is 12.4. The summed E-state index contributed by atoms with van der Waals surface area (Å²) in [6.45, 7) is 0. The van der Waals surface area contributed by atoms with Gasteiger partial charge in [0.25, 0.3) is 0 Å². The molecule has 0 radical (unpaired) electrons. The second-order valence-electron chi connectivity index (χ2n) is 5.84. The van der Waals surface area contributed by atoms with E-state index < -0.39 is 27.7 Å². The maximum atomic E-state index is 13.0. The second-order valence-corrected chi connectivity index (χ2v) is 9.03. The SMILES string of the molecule is O=S(=O)(CCCSc1nc(C(F)(F)F)nc2ccccc12)c1ccc(F)cc1. The third-order valence-corrected chi connectivity index (χ3v) is 6.68. The van der Waals surface area contributed by atoms with E-state index in [2.05, 4.69) is 9.97 Å². The number of rotatable bonds is 6. The number of thioether (sulfide) groups is 1. The quantitative estimate of drug-likeness (QED) is 0.186. The fourth-order valence-corrected chi connectivity index (χ4v) is 4.92. The van der Waals surface area contributed by atoms with Crippen molar-refractivity contribution >= 4 is 32.5 Å². The third kappa shape index (κ3) is 4.79. The lowest BCUT2D eigenvalue weighted by atomic mass is 10.2. The van der Waals surface area contributed by atoms with Gasteiger partial charge in [-0.1, -0.05) is 18.2 Å². The molecule has 1 heterocycles. The van der Waals surface area contributed by atoms with Crippen molar-refractivity contribution in [1.29, 1.82) is 0 Å². The average molecular weight is 430 g/mol. The van der Waals surface area contributed by atoms with Gasteiger partial charge in [0, 0.05) is 11.1 Å². The van der Waals surface area contributed by atoms with Gasteiger partial charge in [-0.05, 0) is 36.8 Å². The molecule has 148 valence electrons. The van der Waals surface area contributed by atoms with Crippen LogP contribution in [0.5, 0.6) is 0 Å². The molecule has 0 fully saturated rings. The summed E-state index contributed by atoms with van der Waals surface area (Å²) in [6, 6.07) is 10.8. The van der Waals surface area contributed by atoms with Gasteiger partial charge in [-0.25, -0.2) is 22.8 Å². The number of aromatic nitrogens is 2. The van der Waals surface area contributed by atoms with Crippen LogP contribution in [0.15, 0.2) is 58.5 Å². The zero-order valence-corrected chi connectivity index (χ0v) is 15.9. The smallest absolute Gasteiger partial charge is 0.224 e. The third-order valence-electron chi connectivity index (χ3n) is 3.79. The summed E-state index contributed by atoms with van der Waals surface area (Å²) in [6.07, 6.45) is -4.48. The highest BCUT2D eigenvalue weighted by atomic mass is 32.2. The molecule has 0 N–H and O–H groups in total. The maximum Gasteiger partial charge on any atom is 0.451 e. The minimum absolute atomic E-state index is 0.00532. The lowest BCUT2D eigenvalue weighted by Gasteiger charge is -2.10. The Morgan fingerprint density at radius 3 is 2.32 bits per heavy atom. The van der Waals surface area contributed by atoms with E-state index in [1.165, 1.54) is 18.2 Å². The van der Waals surface area contributed by atoms with E-state index in [-0.39, 0.29) is 33.4 Å². The Balaban J connectivity index is 1.72. The number of alkyl halides is 3. The largest absolute Gasteiger partial charge is 0.451 e. The van der Waals surface area contributed by atoms with Crippen molar-refractivity contribution in [2.45, 2.75) is 22.5 Å². The standard InChI is InChI=1S/C18H14F4N2O2S2/c19-12-6-8-13(9-7-12)28(25,26)11-3-10-27-16-14-4-1-2-5-15(14)23-17(24-16)18(20,21)22/h1-2,4-9H,3,10-11H2. The van der Waals surface area contributed by atoms with E-state index in [9.17, 15) is 26.0 Å². The van der Waals surface area contributed by atoms with Gasteiger partial charge in [0.15, 0.2) is 9.84 Å². The molecule has 1 aromatic heterocycles. The fraction of sp³-hybridized carbons (Fsp3) is 0.222. The molecule has 0 aliphatic carbocycles. The molecular formula is C18H14F4N2O2S2. The van der Waals surface area contributed by atoms with Crippen LogP contribution in [0.4, 0.5) is 17.6 Å². The van der Waals surface area contributed by atoms with Gasteiger partial charge in [-0.3, -0.25) is 0 Å². The first-order chi connectivity index (χ1) is 13.2. The van der Waals surface area contributed by atoms with Gasteiger partial charge in [0.05, 0.1) is 16.2 Å². The maximum absolute atomic E-state index is 13.0. The molecule has 3 rings (SSSR count). The van der Waals surface area contributed by atoms with E-state index in [0.29, 0.717) is 5.39 Å². The molecule has 10 heteroatoms. The van der Waals surface area contributed by atoms with Crippen LogP contribution in [-0.4, -0.2) is 29.9 Å². The second kappa shape index (κ2) is 8.04. The Hall–Kier alpha value is -2.20. The van der Waals surface area contributed by atoms with Crippen LogP contribution in [0.1, 0.15) is 12.2 Å². The molecule has 0 amide bonds. The van der Waals surface area contributed by atoms with Gasteiger partial charge in [0.2, 0.25) is 5.82 Å². The van der Waals surface area contributed by atoms with Crippen LogP contribution in [0.2, 0.25) is 0 Å². The predicted molar refractivity (Wildman–Crippen MR) is 98.3 cm³/mol. The van der Waals surface area contributed by atoms with Crippen molar-refractivity contribution in [3.8, 4) is 0 Å². The van der Waals surface area contributed by atoms with Crippen molar-refractivity contribution in [2.24, 2.45) is 0 Å². The molecule has 0 aliphatic rings. The highest BCUT2D eigenvalue weighted by Gasteiger charge is 2.35. The van der Waals surface area contributed by atoms with E-state index in [0.717, 1.165) is 23.9 Å². The Morgan fingerprint density at radius 2 is 1.64 bits per heavy atom. The number of hydrogen-bond acceptors (Lipinski definition) is 5. The molecule has 0 saturated carbocycles. The Morgan fingerprint density at radius 1 is 0.964 bits per heavy atom. The number of halogens is 4. The van der Waals surface area contributed by atoms with Gasteiger partial charge in [-0.15, -0.1) is 11.8 Å². The van der Waals surface area contributed by atoms with Crippen LogP contribution < -0.4 is 0 Å². The predicted octanol–water partition coefficient (Wildman–Crippen LogP) is 4.74. The summed E-state index contributed by atoms with van der Waals surface area (Å²) in [7, 11) is -3.60. The van der Waals surface area contributed by atoms with E-state index in [1.807, 2.05) is 0 Å². The van der Waals surface area contributed by atoms with E-state index in [1.54, 1.807) is 18.2 Å². The topological polar surface area (TPSA) is 59.9 Å². The first-order valence-corrected chi connectivity index (χ1v) is 10.8. The molecule has 28 heavy (non-hydrogen) atoms. The molecule has 0 spiro atoms. The van der Waals surface area contributed by atoms with Crippen molar-refractivity contribution in [3.63, 3.8) is 0 Å². The Labute approximate surface area is 162 Å². The zero-order valence-electron chi connectivity index (χ0n) is 14.3. The van der Waals surface area contributed by atoms with Crippen molar-refractivity contribution in [2.75, 3.05) is 11.5 Å². The number of para-hydroxylation sites is 1. The van der Waals surface area contributed by atoms with Crippen molar-refractivity contribution in [1.82, 2.24) is 9.97 Å². The fourth-order valence-electron chi connectivity index (χ4n) is 2.46. The lowest BCUT2D eigenvalue weighted by molar-refractivity contribution is -0.145. The molecule has 0 saturated heterocycles. The Kier molecular flexibility index (Phi) is 5.90. The van der Waals surface area contributed by atoms with Gasteiger partial charge >= 0.3 is 6.18 Å². The van der Waals surface area contributed by atoms with Gasteiger partial charge in [-0.2, -0.15) is 13.2 Å². The van der Waals surface area contributed by atoms with Gasteiger partial charge in [0.1, 0.15) is 10.8 Å².